The van der Waals surface area contributed by atoms with Gasteiger partial charge in [-0.05, 0) is 73.6 Å². The van der Waals surface area contributed by atoms with Gasteiger partial charge in [0.2, 0.25) is 0 Å². The van der Waals surface area contributed by atoms with Crippen LogP contribution in [0.2, 0.25) is 0 Å². The average molecular weight is 604 g/mol. The summed E-state index contributed by atoms with van der Waals surface area (Å²) in [7, 11) is 0. The quantitative estimate of drug-likeness (QED) is 0.182. The molecule has 0 amide bonds. The van der Waals surface area contributed by atoms with Gasteiger partial charge in [0.15, 0.2) is 0 Å². The van der Waals surface area contributed by atoms with Gasteiger partial charge in [-0.15, -0.1) is 11.8 Å². The molecule has 2 aliphatic rings. The van der Waals surface area contributed by atoms with Gasteiger partial charge in [0.1, 0.15) is 0 Å². The molecule has 0 fully saturated rings. The van der Waals surface area contributed by atoms with E-state index in [4.69, 9.17) is 0 Å². The van der Waals surface area contributed by atoms with E-state index in [2.05, 4.69) is 168 Å². The van der Waals surface area contributed by atoms with Crippen molar-refractivity contribution in [1.82, 2.24) is 4.57 Å². The zero-order valence-corrected chi connectivity index (χ0v) is 25.9. The van der Waals surface area contributed by atoms with Gasteiger partial charge < -0.3 is 4.57 Å². The highest BCUT2D eigenvalue weighted by atomic mass is 32.2. The topological polar surface area (TPSA) is 4.93 Å². The van der Waals surface area contributed by atoms with E-state index >= 15 is 0 Å². The Hall–Kier alpha value is -5.31. The van der Waals surface area contributed by atoms with Crippen LogP contribution in [0.25, 0.3) is 71.3 Å². The van der Waals surface area contributed by atoms with Crippen molar-refractivity contribution in [2.45, 2.75) is 16.1 Å². The normalized spacial score (nSPS) is 16.9. The molecule has 0 saturated carbocycles. The minimum absolute atomic E-state index is 0.440. The number of allylic oxidation sites excluding steroid dienone is 3. The predicted octanol–water partition coefficient (Wildman–Crippen LogP) is 12.1. The average Bonchev–Trinajstić information content (AvgIpc) is 3.67. The highest BCUT2D eigenvalue weighted by molar-refractivity contribution is 8.00. The molecule has 2 heterocycles. The first-order valence-electron chi connectivity index (χ1n) is 16.0. The Morgan fingerprint density at radius 3 is 1.63 bits per heavy atom. The van der Waals surface area contributed by atoms with Crippen molar-refractivity contribution in [3.05, 3.63) is 169 Å². The van der Waals surface area contributed by atoms with Crippen LogP contribution in [-0.4, -0.2) is 9.82 Å². The lowest BCUT2D eigenvalue weighted by atomic mass is 9.84. The van der Waals surface area contributed by atoms with E-state index < -0.39 is 0 Å². The summed E-state index contributed by atoms with van der Waals surface area (Å²) in [6, 6.07) is 51.6. The van der Waals surface area contributed by atoms with Crippen LogP contribution in [0.3, 0.4) is 0 Å². The van der Waals surface area contributed by atoms with Crippen molar-refractivity contribution in [3.63, 3.8) is 0 Å². The van der Waals surface area contributed by atoms with Gasteiger partial charge >= 0.3 is 0 Å². The van der Waals surface area contributed by atoms with Gasteiger partial charge in [0, 0.05) is 32.5 Å². The van der Waals surface area contributed by atoms with Crippen molar-refractivity contribution in [2.75, 3.05) is 0 Å². The fourth-order valence-electron chi connectivity index (χ4n) is 7.97. The Kier molecular flexibility index (Phi) is 5.70. The Labute approximate surface area is 272 Å². The first-order valence-corrected chi connectivity index (χ1v) is 16.9. The van der Waals surface area contributed by atoms with Crippen molar-refractivity contribution >= 4 is 55.1 Å². The summed E-state index contributed by atoms with van der Waals surface area (Å²) in [5.41, 5.74) is 10.3. The van der Waals surface area contributed by atoms with Gasteiger partial charge in [-0.3, -0.25) is 0 Å². The summed E-state index contributed by atoms with van der Waals surface area (Å²) in [6.07, 6.45) is 9.14. The van der Waals surface area contributed by atoms with E-state index in [-0.39, 0.29) is 0 Å². The number of aromatic nitrogens is 1. The van der Waals surface area contributed by atoms with Crippen LogP contribution < -0.4 is 0 Å². The summed E-state index contributed by atoms with van der Waals surface area (Å²) >= 11 is 2.02. The van der Waals surface area contributed by atoms with Crippen molar-refractivity contribution in [2.24, 2.45) is 0 Å². The first kappa shape index (κ1) is 26.0. The van der Waals surface area contributed by atoms with Crippen LogP contribution in [-0.2, 0) is 0 Å². The largest absolute Gasteiger partial charge is 0.309 e. The minimum atomic E-state index is 0.440. The number of thioether (sulfide) groups is 1. The number of rotatable bonds is 3. The summed E-state index contributed by atoms with van der Waals surface area (Å²) in [6.45, 7) is 0. The lowest BCUT2D eigenvalue weighted by Crippen LogP contribution is -2.06. The smallest absolute Gasteiger partial charge is 0.0541 e. The zero-order chi connectivity index (χ0) is 30.2. The third-order valence-electron chi connectivity index (χ3n) is 9.94. The fourth-order valence-corrected chi connectivity index (χ4v) is 9.43. The summed E-state index contributed by atoms with van der Waals surface area (Å²) in [5, 5.41) is 8.22. The van der Waals surface area contributed by atoms with Gasteiger partial charge in [0.25, 0.3) is 0 Å². The van der Waals surface area contributed by atoms with Crippen LogP contribution in [0.5, 0.6) is 0 Å². The van der Waals surface area contributed by atoms with Crippen LogP contribution in [0.1, 0.15) is 11.5 Å². The molecule has 1 nitrogen and oxygen atoms in total. The number of benzene rings is 7. The van der Waals surface area contributed by atoms with E-state index in [1.807, 2.05) is 11.8 Å². The maximum absolute atomic E-state index is 2.39. The molecule has 1 aromatic heterocycles. The number of para-hydroxylation sites is 2. The van der Waals surface area contributed by atoms with Crippen molar-refractivity contribution in [1.29, 1.82) is 0 Å². The Morgan fingerprint density at radius 1 is 0.457 bits per heavy atom. The molecule has 0 N–H and O–H groups in total. The van der Waals surface area contributed by atoms with Gasteiger partial charge in [-0.1, -0.05) is 140 Å². The molecule has 0 saturated heterocycles. The molecular weight excluding hydrogens is 575 g/mol. The maximum atomic E-state index is 2.39. The molecule has 0 spiro atoms. The molecule has 0 radical (unpaired) electrons. The molecule has 2 unspecified atom stereocenters. The molecule has 1 aliphatic carbocycles. The molecule has 2 atom stereocenters. The lowest BCUT2D eigenvalue weighted by Gasteiger charge is -2.19. The van der Waals surface area contributed by atoms with Crippen LogP contribution >= 0.6 is 11.8 Å². The van der Waals surface area contributed by atoms with Crippen LogP contribution in [0.4, 0.5) is 0 Å². The summed E-state index contributed by atoms with van der Waals surface area (Å²) < 4.78 is 2.39. The van der Waals surface area contributed by atoms with E-state index in [0.29, 0.717) is 11.2 Å². The van der Waals surface area contributed by atoms with Crippen LogP contribution in [0.15, 0.2) is 169 Å². The van der Waals surface area contributed by atoms with E-state index in [9.17, 15) is 0 Å². The Morgan fingerprint density at radius 2 is 1.00 bits per heavy atom. The second-order valence-electron chi connectivity index (χ2n) is 12.4. The number of hydrogen-bond donors (Lipinski definition) is 0. The molecule has 10 rings (SSSR count). The highest BCUT2D eigenvalue weighted by Crippen LogP contribution is 2.54. The monoisotopic (exact) mass is 603 g/mol. The second-order valence-corrected chi connectivity index (χ2v) is 13.5. The van der Waals surface area contributed by atoms with Crippen LogP contribution in [0, 0.1) is 0 Å². The van der Waals surface area contributed by atoms with Crippen molar-refractivity contribution < 1.29 is 0 Å². The highest BCUT2D eigenvalue weighted by Gasteiger charge is 2.33. The van der Waals surface area contributed by atoms with Gasteiger partial charge in [-0.25, -0.2) is 0 Å². The Bertz CT molecular complexity index is 2460. The van der Waals surface area contributed by atoms with Crippen molar-refractivity contribution in [3.8, 4) is 27.9 Å². The SMILES string of the molecule is C1=CC2Sc3c(-c4c5ccccc5c(-c5ccc(-n6c7ccccc7c7ccccc76)cc5)c5ccccc45)cccc3C2C=C1. The second kappa shape index (κ2) is 10.1. The molecule has 0 bridgehead atoms. The molecule has 216 valence electrons. The molecule has 2 heteroatoms. The minimum Gasteiger partial charge on any atom is -0.309 e. The fraction of sp³-hybridized carbons (Fsp3) is 0.0455. The Balaban J connectivity index is 1.19. The standard InChI is InChI=1S/C44H29NS/c1-3-17-35-33(15-1)42(28-24-26-29(27-25-28)45-39-21-8-5-12-30(39)31-13-6-9-22-40(31)45)34-16-2-4-18-36(34)43(35)38-20-11-19-37-32-14-7-10-23-41(32)46-44(37)38/h1-27,32,41H. The molecule has 46 heavy (non-hydrogen) atoms. The molecule has 7 aromatic carbocycles. The molecular formula is C44H29NS. The van der Waals surface area contributed by atoms with Gasteiger partial charge in [0.05, 0.1) is 11.0 Å². The van der Waals surface area contributed by atoms with E-state index in [1.165, 1.54) is 81.8 Å². The summed E-state index contributed by atoms with van der Waals surface area (Å²) in [4.78, 5) is 1.42. The third-order valence-corrected chi connectivity index (χ3v) is 11.4. The number of fused-ring (bicyclic) bond motifs is 8. The van der Waals surface area contributed by atoms with Gasteiger partial charge in [-0.2, -0.15) is 0 Å². The predicted molar refractivity (Wildman–Crippen MR) is 197 cm³/mol. The number of hydrogen-bond acceptors (Lipinski definition) is 1. The first-order chi connectivity index (χ1) is 22.8. The zero-order valence-electron chi connectivity index (χ0n) is 25.1. The maximum Gasteiger partial charge on any atom is 0.0541 e. The third kappa shape index (κ3) is 3.71. The summed E-state index contributed by atoms with van der Waals surface area (Å²) in [5.74, 6) is 0.440. The molecule has 1 aliphatic heterocycles. The number of nitrogens with zero attached hydrogens (tertiary/aromatic N) is 1. The van der Waals surface area contributed by atoms with E-state index in [1.54, 1.807) is 0 Å². The van der Waals surface area contributed by atoms with E-state index in [0.717, 1.165) is 0 Å². The lowest BCUT2D eigenvalue weighted by molar-refractivity contribution is 0.881. The molecule has 8 aromatic rings.